The average molecular weight is 458 g/mol. The smallest absolute Gasteiger partial charge is 0.270 e. The van der Waals surface area contributed by atoms with Gasteiger partial charge in [-0.05, 0) is 37.8 Å². The van der Waals surface area contributed by atoms with Gasteiger partial charge in [-0.15, -0.1) is 10.2 Å². The molecule has 0 unspecified atom stereocenters. The summed E-state index contributed by atoms with van der Waals surface area (Å²) in [4.78, 5) is 13.2. The second-order valence-electron chi connectivity index (χ2n) is 7.95. The Hall–Kier alpha value is -3.31. The van der Waals surface area contributed by atoms with E-state index in [2.05, 4.69) is 15.2 Å². The third-order valence-corrected chi connectivity index (χ3v) is 7.99. The number of aromatic amines is 1. The molecule has 1 aliphatic rings. The fourth-order valence-corrected chi connectivity index (χ4v) is 5.90. The predicted molar refractivity (Wildman–Crippen MR) is 119 cm³/mol. The Morgan fingerprint density at radius 3 is 2.69 bits per heavy atom. The Balaban J connectivity index is 1.82. The fraction of sp³-hybridized carbons (Fsp3) is 0.333. The molecule has 0 amide bonds. The number of non-ortho nitro benzene ring substituents is 1. The second-order valence-corrected chi connectivity index (χ2v) is 9.81. The number of nitrogens with zero attached hydrogens (tertiary/aromatic N) is 4. The number of sulfonamides is 1. The molecule has 2 aromatic carbocycles. The molecule has 0 aliphatic carbocycles. The van der Waals surface area contributed by atoms with Crippen LogP contribution in [0.2, 0.25) is 0 Å². The van der Waals surface area contributed by atoms with Crippen molar-refractivity contribution in [2.75, 3.05) is 6.54 Å². The van der Waals surface area contributed by atoms with Crippen LogP contribution >= 0.6 is 0 Å². The lowest BCUT2D eigenvalue weighted by atomic mass is 9.94. The number of rotatable bonds is 5. The van der Waals surface area contributed by atoms with Gasteiger partial charge < -0.3 is 10.1 Å². The van der Waals surface area contributed by atoms with Gasteiger partial charge in [0.1, 0.15) is 10.6 Å². The normalized spacial score (nSPS) is 20.2. The zero-order chi connectivity index (χ0) is 23.0. The number of nitro benzene ring substituents is 1. The van der Waals surface area contributed by atoms with Gasteiger partial charge >= 0.3 is 0 Å². The van der Waals surface area contributed by atoms with Crippen LogP contribution < -0.4 is 0 Å². The van der Waals surface area contributed by atoms with Crippen LogP contribution in [0.15, 0.2) is 57.6 Å². The van der Waals surface area contributed by atoms with E-state index in [4.69, 9.17) is 0 Å². The number of para-hydroxylation sites is 1. The van der Waals surface area contributed by atoms with Crippen molar-refractivity contribution in [1.29, 1.82) is 0 Å². The maximum atomic E-state index is 13.5. The zero-order valence-corrected chi connectivity index (χ0v) is 18.4. The Labute approximate surface area is 184 Å². The summed E-state index contributed by atoms with van der Waals surface area (Å²) >= 11 is 0. The molecular weight excluding hydrogens is 434 g/mol. The fourth-order valence-electron chi connectivity index (χ4n) is 3.99. The predicted octanol–water partition coefficient (Wildman–Crippen LogP) is 5.01. The molecule has 3 aromatic rings. The molecule has 11 heteroatoms. The monoisotopic (exact) mass is 457 g/mol. The van der Waals surface area contributed by atoms with E-state index >= 15 is 0 Å². The highest BCUT2D eigenvalue weighted by atomic mass is 32.2. The van der Waals surface area contributed by atoms with Gasteiger partial charge in [-0.3, -0.25) is 10.1 Å². The molecule has 0 radical (unpaired) electrons. The van der Waals surface area contributed by atoms with Crippen molar-refractivity contribution >= 4 is 38.0 Å². The quantitative estimate of drug-likeness (QED) is 0.315. The van der Waals surface area contributed by atoms with Crippen LogP contribution in [0.3, 0.4) is 0 Å². The highest BCUT2D eigenvalue weighted by molar-refractivity contribution is 7.89. The SMILES string of the molecule is C[C@@H]1CCCN(S(=O)(=O)c2cc([N+](=O)[O-])ccc2N=Nc2c(O)[nH]c3ccccc23)[C@H]1C. The van der Waals surface area contributed by atoms with Crippen molar-refractivity contribution in [3.63, 3.8) is 0 Å². The lowest BCUT2D eigenvalue weighted by Gasteiger charge is -2.36. The molecule has 0 bridgehead atoms. The van der Waals surface area contributed by atoms with E-state index in [-0.39, 0.29) is 39.8 Å². The summed E-state index contributed by atoms with van der Waals surface area (Å²) in [6.07, 6.45) is 1.62. The first-order valence-corrected chi connectivity index (χ1v) is 11.7. The van der Waals surface area contributed by atoms with E-state index < -0.39 is 14.9 Å². The van der Waals surface area contributed by atoms with Crippen molar-refractivity contribution < 1.29 is 18.4 Å². The van der Waals surface area contributed by atoms with Crippen molar-refractivity contribution in [3.05, 3.63) is 52.6 Å². The maximum absolute atomic E-state index is 13.5. The first-order valence-electron chi connectivity index (χ1n) is 10.2. The third kappa shape index (κ3) is 3.84. The van der Waals surface area contributed by atoms with Crippen LogP contribution in [0, 0.1) is 16.0 Å². The standard InChI is InChI=1S/C21H23N5O5S/c1-13-6-5-11-25(14(13)2)32(30,31)19-12-15(26(28)29)9-10-18(19)23-24-20-16-7-3-4-8-17(16)22-21(20)27/h3-4,7-10,12-14,22,27H,5-6,11H2,1-2H3/t13-,14+/m1/s1. The summed E-state index contributed by atoms with van der Waals surface area (Å²) in [6.45, 7) is 4.15. The number of nitro groups is 1. The van der Waals surface area contributed by atoms with Crippen LogP contribution in [-0.2, 0) is 10.0 Å². The minimum atomic E-state index is -4.07. The van der Waals surface area contributed by atoms with Gasteiger partial charge in [-0.2, -0.15) is 4.31 Å². The van der Waals surface area contributed by atoms with Crippen LogP contribution in [0.4, 0.5) is 17.1 Å². The van der Waals surface area contributed by atoms with Crippen molar-refractivity contribution in [1.82, 2.24) is 9.29 Å². The number of benzene rings is 2. The van der Waals surface area contributed by atoms with Crippen LogP contribution in [-0.4, -0.2) is 40.3 Å². The molecule has 2 heterocycles. The Morgan fingerprint density at radius 2 is 1.94 bits per heavy atom. The Bertz CT molecular complexity index is 1320. The van der Waals surface area contributed by atoms with Crippen LogP contribution in [0.25, 0.3) is 10.9 Å². The first kappa shape index (κ1) is 21.9. The number of aromatic hydroxyl groups is 1. The average Bonchev–Trinajstić information content (AvgIpc) is 3.08. The molecule has 1 fully saturated rings. The van der Waals surface area contributed by atoms with Gasteiger partial charge in [0.15, 0.2) is 5.69 Å². The van der Waals surface area contributed by atoms with E-state index in [1.165, 1.54) is 16.4 Å². The maximum Gasteiger partial charge on any atom is 0.270 e. The highest BCUT2D eigenvalue weighted by Gasteiger charge is 2.36. The van der Waals surface area contributed by atoms with E-state index in [1.54, 1.807) is 24.3 Å². The molecular formula is C21H23N5O5S. The molecule has 0 spiro atoms. The number of hydrogen-bond donors (Lipinski definition) is 2. The summed E-state index contributed by atoms with van der Waals surface area (Å²) in [6, 6.07) is 10.3. The molecule has 32 heavy (non-hydrogen) atoms. The molecule has 4 rings (SSSR count). The summed E-state index contributed by atoms with van der Waals surface area (Å²) in [5, 5.41) is 30.3. The van der Waals surface area contributed by atoms with Crippen LogP contribution in [0.5, 0.6) is 5.88 Å². The van der Waals surface area contributed by atoms with E-state index in [0.29, 0.717) is 23.9 Å². The molecule has 10 nitrogen and oxygen atoms in total. The molecule has 2 atom stereocenters. The first-order chi connectivity index (χ1) is 15.2. The molecule has 1 aliphatic heterocycles. The zero-order valence-electron chi connectivity index (χ0n) is 17.6. The van der Waals surface area contributed by atoms with Gasteiger partial charge in [-0.1, -0.05) is 25.1 Å². The van der Waals surface area contributed by atoms with Crippen molar-refractivity contribution in [2.45, 2.75) is 37.6 Å². The Morgan fingerprint density at radius 1 is 1.19 bits per heavy atom. The number of nitrogens with one attached hydrogen (secondary N) is 1. The van der Waals surface area contributed by atoms with E-state index in [0.717, 1.165) is 12.5 Å². The number of azo groups is 1. The number of hydrogen-bond acceptors (Lipinski definition) is 7. The van der Waals surface area contributed by atoms with Gasteiger partial charge in [0.2, 0.25) is 15.9 Å². The van der Waals surface area contributed by atoms with Gasteiger partial charge in [0, 0.05) is 30.1 Å². The van der Waals surface area contributed by atoms with E-state index in [9.17, 15) is 23.6 Å². The summed E-state index contributed by atoms with van der Waals surface area (Å²) in [5.74, 6) is -0.0507. The van der Waals surface area contributed by atoms with Gasteiger partial charge in [-0.25, -0.2) is 8.42 Å². The van der Waals surface area contributed by atoms with Gasteiger partial charge in [0.05, 0.1) is 10.4 Å². The topological polar surface area (TPSA) is 141 Å². The third-order valence-electron chi connectivity index (χ3n) is 5.97. The Kier molecular flexibility index (Phi) is 5.70. The highest BCUT2D eigenvalue weighted by Crippen LogP contribution is 2.39. The molecule has 0 saturated carbocycles. The molecule has 2 N–H and O–H groups in total. The second kappa shape index (κ2) is 8.32. The number of aromatic nitrogens is 1. The van der Waals surface area contributed by atoms with E-state index in [1.807, 2.05) is 13.8 Å². The van der Waals surface area contributed by atoms with Crippen molar-refractivity contribution in [2.24, 2.45) is 16.1 Å². The molecule has 168 valence electrons. The summed E-state index contributed by atoms with van der Waals surface area (Å²) < 4.78 is 28.4. The summed E-state index contributed by atoms with van der Waals surface area (Å²) in [7, 11) is -4.07. The lowest BCUT2D eigenvalue weighted by Crippen LogP contribution is -2.45. The number of H-pyrrole nitrogens is 1. The largest absolute Gasteiger partial charge is 0.493 e. The number of fused-ring (bicyclic) bond motifs is 1. The van der Waals surface area contributed by atoms with Crippen LogP contribution in [0.1, 0.15) is 26.7 Å². The summed E-state index contributed by atoms with van der Waals surface area (Å²) in [5.41, 5.74) is 0.412. The minimum absolute atomic E-state index is 0.0364. The number of piperidine rings is 1. The lowest BCUT2D eigenvalue weighted by molar-refractivity contribution is -0.385. The minimum Gasteiger partial charge on any atom is -0.493 e. The van der Waals surface area contributed by atoms with Crippen molar-refractivity contribution in [3.8, 4) is 5.88 Å². The molecule has 1 aromatic heterocycles. The van der Waals surface area contributed by atoms with Gasteiger partial charge in [0.25, 0.3) is 5.69 Å². The molecule has 1 saturated heterocycles.